The van der Waals surface area contributed by atoms with Crippen molar-refractivity contribution in [3.8, 4) is 0 Å². The maximum atomic E-state index is 5.53. The van der Waals surface area contributed by atoms with Crippen molar-refractivity contribution in [3.05, 3.63) is 11.1 Å². The van der Waals surface area contributed by atoms with E-state index in [0.717, 1.165) is 18.7 Å². The predicted molar refractivity (Wildman–Crippen MR) is 51.3 cm³/mol. The van der Waals surface area contributed by atoms with Crippen LogP contribution in [0.5, 0.6) is 0 Å². The van der Waals surface area contributed by atoms with Crippen LogP contribution in [0.25, 0.3) is 0 Å². The highest BCUT2D eigenvalue weighted by atomic mass is 32.1. The third-order valence-corrected chi connectivity index (χ3v) is 2.93. The maximum Gasteiger partial charge on any atom is 0.180 e. The van der Waals surface area contributed by atoms with Gasteiger partial charge in [0.05, 0.1) is 5.69 Å². The van der Waals surface area contributed by atoms with Crippen molar-refractivity contribution in [1.29, 1.82) is 0 Å². The molecule has 0 aliphatic carbocycles. The fourth-order valence-corrected chi connectivity index (χ4v) is 1.91. The first-order valence-electron chi connectivity index (χ1n) is 4.27. The lowest BCUT2D eigenvalue weighted by molar-refractivity contribution is 0.183. The highest BCUT2D eigenvalue weighted by Crippen LogP contribution is 2.13. The molecule has 0 saturated carbocycles. The van der Waals surface area contributed by atoms with Gasteiger partial charge in [0.25, 0.3) is 0 Å². The molecule has 4 heteroatoms. The summed E-state index contributed by atoms with van der Waals surface area (Å²) < 4.78 is 0. The Labute approximate surface area is 76.2 Å². The Kier molecular flexibility index (Phi) is 2.28. The fraction of sp³-hybridized carbons (Fsp3) is 0.625. The van der Waals surface area contributed by atoms with Crippen molar-refractivity contribution < 1.29 is 0 Å². The monoisotopic (exact) mass is 183 g/mol. The maximum absolute atomic E-state index is 5.53. The smallest absolute Gasteiger partial charge is 0.180 e. The molecule has 0 radical (unpaired) electrons. The van der Waals surface area contributed by atoms with Gasteiger partial charge in [0.15, 0.2) is 5.13 Å². The largest absolute Gasteiger partial charge is 0.375 e. The van der Waals surface area contributed by atoms with Crippen molar-refractivity contribution in [1.82, 2.24) is 9.88 Å². The third-order valence-electron chi connectivity index (χ3n) is 2.20. The number of thiazole rings is 1. The minimum atomic E-state index is 0.689. The summed E-state index contributed by atoms with van der Waals surface area (Å²) in [5.74, 6) is 0. The second-order valence-corrected chi connectivity index (χ2v) is 4.01. The fourth-order valence-electron chi connectivity index (χ4n) is 1.32. The van der Waals surface area contributed by atoms with Gasteiger partial charge in [-0.2, -0.15) is 0 Å². The number of hydrogen-bond acceptors (Lipinski definition) is 4. The van der Waals surface area contributed by atoms with E-state index in [0.29, 0.717) is 5.13 Å². The predicted octanol–water partition coefficient (Wildman–Crippen LogP) is 0.973. The first kappa shape index (κ1) is 8.01. The highest BCUT2D eigenvalue weighted by Gasteiger charge is 2.13. The molecule has 2 heterocycles. The van der Waals surface area contributed by atoms with Crippen LogP contribution < -0.4 is 5.73 Å². The van der Waals surface area contributed by atoms with Gasteiger partial charge in [0.1, 0.15) is 0 Å². The Morgan fingerprint density at radius 3 is 2.92 bits per heavy atom. The van der Waals surface area contributed by atoms with Crippen LogP contribution in [0.3, 0.4) is 0 Å². The second-order valence-electron chi connectivity index (χ2n) is 3.12. The van der Waals surface area contributed by atoms with Crippen LogP contribution in [-0.2, 0) is 6.42 Å². The SMILES string of the molecule is Nc1nc(CCN2CCC2)cs1. The Morgan fingerprint density at radius 2 is 2.42 bits per heavy atom. The van der Waals surface area contributed by atoms with E-state index >= 15 is 0 Å². The topological polar surface area (TPSA) is 42.1 Å². The summed E-state index contributed by atoms with van der Waals surface area (Å²) in [7, 11) is 0. The standard InChI is InChI=1S/C8H13N3S/c9-8-10-7(6-12-8)2-5-11-3-1-4-11/h6H,1-5H2,(H2,9,10). The van der Waals surface area contributed by atoms with Crippen LogP contribution in [0.4, 0.5) is 5.13 Å². The summed E-state index contributed by atoms with van der Waals surface area (Å²) in [6, 6.07) is 0. The van der Waals surface area contributed by atoms with E-state index in [1.54, 1.807) is 0 Å². The number of rotatable bonds is 3. The van der Waals surface area contributed by atoms with Gasteiger partial charge in [-0.15, -0.1) is 11.3 Å². The average molecular weight is 183 g/mol. The molecule has 1 aromatic rings. The van der Waals surface area contributed by atoms with Crippen LogP contribution in [0, 0.1) is 0 Å². The molecule has 1 aromatic heterocycles. The lowest BCUT2D eigenvalue weighted by Crippen LogP contribution is -2.38. The molecule has 0 spiro atoms. The van der Waals surface area contributed by atoms with E-state index in [-0.39, 0.29) is 0 Å². The normalized spacial score (nSPS) is 17.7. The summed E-state index contributed by atoms with van der Waals surface area (Å²) in [6.07, 6.45) is 2.41. The molecule has 1 aliphatic rings. The zero-order valence-corrected chi connectivity index (χ0v) is 7.81. The van der Waals surface area contributed by atoms with E-state index in [4.69, 9.17) is 5.73 Å². The molecule has 1 aliphatic heterocycles. The number of anilines is 1. The van der Waals surface area contributed by atoms with Crippen LogP contribution in [0.15, 0.2) is 5.38 Å². The summed E-state index contributed by atoms with van der Waals surface area (Å²) in [5, 5.41) is 2.74. The molecule has 0 atom stereocenters. The van der Waals surface area contributed by atoms with Crippen molar-refractivity contribution in [2.75, 3.05) is 25.4 Å². The van der Waals surface area contributed by atoms with Crippen molar-refractivity contribution in [2.24, 2.45) is 0 Å². The van der Waals surface area contributed by atoms with Gasteiger partial charge < -0.3 is 10.6 Å². The number of hydrogen-bond donors (Lipinski definition) is 1. The molecule has 1 saturated heterocycles. The van der Waals surface area contributed by atoms with Gasteiger partial charge in [-0.05, 0) is 19.5 Å². The molecule has 0 unspecified atom stereocenters. The van der Waals surface area contributed by atoms with Crippen molar-refractivity contribution in [2.45, 2.75) is 12.8 Å². The van der Waals surface area contributed by atoms with Crippen LogP contribution in [0.1, 0.15) is 12.1 Å². The number of nitrogens with zero attached hydrogens (tertiary/aromatic N) is 2. The zero-order valence-electron chi connectivity index (χ0n) is 6.99. The van der Waals surface area contributed by atoms with E-state index in [1.807, 2.05) is 0 Å². The Hall–Kier alpha value is -0.610. The summed E-state index contributed by atoms with van der Waals surface area (Å²) in [5.41, 5.74) is 6.67. The molecule has 2 N–H and O–H groups in total. The second kappa shape index (κ2) is 3.41. The Bertz CT molecular complexity index is 255. The van der Waals surface area contributed by atoms with E-state index in [1.165, 1.54) is 30.8 Å². The minimum absolute atomic E-state index is 0.689. The highest BCUT2D eigenvalue weighted by molar-refractivity contribution is 7.13. The first-order chi connectivity index (χ1) is 5.84. The van der Waals surface area contributed by atoms with Gasteiger partial charge in [0.2, 0.25) is 0 Å². The van der Waals surface area contributed by atoms with E-state index in [9.17, 15) is 0 Å². The molecule has 0 amide bonds. The Morgan fingerprint density at radius 1 is 1.58 bits per heavy atom. The van der Waals surface area contributed by atoms with Gasteiger partial charge in [-0.3, -0.25) is 0 Å². The van der Waals surface area contributed by atoms with Crippen LogP contribution in [0.2, 0.25) is 0 Å². The lowest BCUT2D eigenvalue weighted by atomic mass is 10.2. The quantitative estimate of drug-likeness (QED) is 0.759. The molecule has 2 rings (SSSR count). The van der Waals surface area contributed by atoms with Gasteiger partial charge in [0, 0.05) is 18.3 Å². The Balaban J connectivity index is 1.79. The van der Waals surface area contributed by atoms with Gasteiger partial charge >= 0.3 is 0 Å². The van der Waals surface area contributed by atoms with Crippen LogP contribution in [-0.4, -0.2) is 29.5 Å². The van der Waals surface area contributed by atoms with Crippen molar-refractivity contribution in [3.63, 3.8) is 0 Å². The molecule has 0 bridgehead atoms. The molecule has 3 nitrogen and oxygen atoms in total. The molecular weight excluding hydrogens is 170 g/mol. The van der Waals surface area contributed by atoms with E-state index in [2.05, 4.69) is 15.3 Å². The zero-order chi connectivity index (χ0) is 8.39. The van der Waals surface area contributed by atoms with Crippen LogP contribution >= 0.6 is 11.3 Å². The summed E-state index contributed by atoms with van der Waals surface area (Å²) in [6.45, 7) is 3.67. The molecule has 66 valence electrons. The van der Waals surface area contributed by atoms with Gasteiger partial charge in [-0.1, -0.05) is 0 Å². The molecule has 0 aromatic carbocycles. The summed E-state index contributed by atoms with van der Waals surface area (Å²) >= 11 is 1.53. The number of nitrogens with two attached hydrogens (primary N) is 1. The number of nitrogen functional groups attached to an aromatic ring is 1. The average Bonchev–Trinajstić information content (AvgIpc) is 2.32. The molecule has 1 fully saturated rings. The van der Waals surface area contributed by atoms with Crippen molar-refractivity contribution >= 4 is 16.5 Å². The van der Waals surface area contributed by atoms with E-state index < -0.39 is 0 Å². The third kappa shape index (κ3) is 1.76. The molecular formula is C8H13N3S. The number of aromatic nitrogens is 1. The summed E-state index contributed by atoms with van der Waals surface area (Å²) in [4.78, 5) is 6.65. The lowest BCUT2D eigenvalue weighted by Gasteiger charge is -2.30. The first-order valence-corrected chi connectivity index (χ1v) is 5.15. The van der Waals surface area contributed by atoms with Gasteiger partial charge in [-0.25, -0.2) is 4.98 Å². The molecule has 12 heavy (non-hydrogen) atoms. The minimum Gasteiger partial charge on any atom is -0.375 e. The number of likely N-dealkylation sites (tertiary alicyclic amines) is 1.